The van der Waals surface area contributed by atoms with Crippen molar-refractivity contribution in [3.05, 3.63) is 16.1 Å². The number of hydrogen-bond donors (Lipinski definition) is 2. The Morgan fingerprint density at radius 1 is 1.35 bits per heavy atom. The number of hydrogen-bond acceptors (Lipinski definition) is 4. The summed E-state index contributed by atoms with van der Waals surface area (Å²) in [4.78, 5) is 4.50. The second-order valence-electron chi connectivity index (χ2n) is 5.12. The molecule has 1 aromatic rings. The summed E-state index contributed by atoms with van der Waals surface area (Å²) in [6, 6.07) is 2.07. The van der Waals surface area contributed by atoms with Crippen LogP contribution in [0.2, 0.25) is 10.0 Å². The molecule has 0 amide bonds. The summed E-state index contributed by atoms with van der Waals surface area (Å²) in [7, 11) is 0. The van der Waals surface area contributed by atoms with Crippen LogP contribution in [-0.2, 0) is 4.74 Å². The molecule has 1 saturated heterocycles. The number of nitrogens with zero attached hydrogens (tertiary/aromatic N) is 1. The van der Waals surface area contributed by atoms with E-state index >= 15 is 0 Å². The molecule has 1 aliphatic rings. The van der Waals surface area contributed by atoms with Crippen LogP contribution in [0.1, 0.15) is 33.1 Å². The van der Waals surface area contributed by atoms with Gasteiger partial charge in [0.1, 0.15) is 11.6 Å². The van der Waals surface area contributed by atoms with Crippen molar-refractivity contribution in [2.24, 2.45) is 0 Å². The highest BCUT2D eigenvalue weighted by Gasteiger charge is 2.21. The summed E-state index contributed by atoms with van der Waals surface area (Å²) in [6.45, 7) is 5.78. The molecule has 6 heteroatoms. The molecule has 0 radical (unpaired) electrons. The molecule has 1 aromatic heterocycles. The zero-order valence-corrected chi connectivity index (χ0v) is 13.4. The summed E-state index contributed by atoms with van der Waals surface area (Å²) in [5, 5.41) is 7.71. The minimum atomic E-state index is 0.269. The summed E-state index contributed by atoms with van der Waals surface area (Å²) in [5.74, 6) is 1.37. The number of aromatic nitrogens is 1. The van der Waals surface area contributed by atoms with Gasteiger partial charge in [0.2, 0.25) is 0 Å². The van der Waals surface area contributed by atoms with Gasteiger partial charge in [0.15, 0.2) is 0 Å². The second-order valence-corrected chi connectivity index (χ2v) is 5.94. The van der Waals surface area contributed by atoms with E-state index in [1.54, 1.807) is 6.07 Å². The Balaban J connectivity index is 2.09. The van der Waals surface area contributed by atoms with E-state index in [1.807, 2.05) is 0 Å². The summed E-state index contributed by atoms with van der Waals surface area (Å²) >= 11 is 12.4. The van der Waals surface area contributed by atoms with Gasteiger partial charge in [-0.1, -0.05) is 30.1 Å². The van der Waals surface area contributed by atoms with Crippen molar-refractivity contribution in [2.75, 3.05) is 23.8 Å². The molecule has 0 saturated carbocycles. The molecular weight excluding hydrogens is 297 g/mol. The van der Waals surface area contributed by atoms with Crippen molar-refractivity contribution in [3.8, 4) is 0 Å². The Labute approximate surface area is 130 Å². The van der Waals surface area contributed by atoms with Crippen LogP contribution in [0.15, 0.2) is 6.07 Å². The number of halogens is 2. The van der Waals surface area contributed by atoms with Gasteiger partial charge in [0, 0.05) is 19.2 Å². The van der Waals surface area contributed by atoms with E-state index in [2.05, 4.69) is 29.5 Å². The first-order valence-corrected chi connectivity index (χ1v) is 7.83. The van der Waals surface area contributed by atoms with Gasteiger partial charge < -0.3 is 15.4 Å². The van der Waals surface area contributed by atoms with Crippen molar-refractivity contribution in [1.82, 2.24) is 4.98 Å². The molecule has 1 aliphatic heterocycles. The van der Waals surface area contributed by atoms with E-state index in [0.29, 0.717) is 27.7 Å². The molecule has 0 bridgehead atoms. The summed E-state index contributed by atoms with van der Waals surface area (Å²) in [5.41, 5.74) is 0. The van der Waals surface area contributed by atoms with E-state index in [9.17, 15) is 0 Å². The van der Waals surface area contributed by atoms with Crippen LogP contribution in [0.25, 0.3) is 0 Å². The highest BCUT2D eigenvalue weighted by molar-refractivity contribution is 6.37. The van der Waals surface area contributed by atoms with Gasteiger partial charge in [-0.05, 0) is 32.3 Å². The van der Waals surface area contributed by atoms with Crippen LogP contribution in [-0.4, -0.2) is 30.3 Å². The smallest absolute Gasteiger partial charge is 0.147 e. The number of ether oxygens (including phenoxy) is 1. The Kier molecular flexibility index (Phi) is 5.75. The number of pyridine rings is 1. The molecular formula is C14H21Cl2N3O. The SMILES string of the molecule is CCCNc1nc(NC2CCOC(C)C2)c(Cl)cc1Cl. The van der Waals surface area contributed by atoms with Crippen LogP contribution in [0.5, 0.6) is 0 Å². The Bertz CT molecular complexity index is 456. The third-order valence-electron chi connectivity index (χ3n) is 3.30. The Hall–Kier alpha value is -0.710. The monoisotopic (exact) mass is 317 g/mol. The fraction of sp³-hybridized carbons (Fsp3) is 0.643. The average molecular weight is 318 g/mol. The maximum Gasteiger partial charge on any atom is 0.147 e. The Morgan fingerprint density at radius 3 is 2.80 bits per heavy atom. The highest BCUT2D eigenvalue weighted by atomic mass is 35.5. The lowest BCUT2D eigenvalue weighted by atomic mass is 10.0. The Morgan fingerprint density at radius 2 is 2.10 bits per heavy atom. The van der Waals surface area contributed by atoms with Gasteiger partial charge in [-0.3, -0.25) is 0 Å². The maximum atomic E-state index is 6.22. The lowest BCUT2D eigenvalue weighted by Gasteiger charge is -2.28. The van der Waals surface area contributed by atoms with Crippen LogP contribution in [0.4, 0.5) is 11.6 Å². The third-order valence-corrected chi connectivity index (χ3v) is 3.87. The normalized spacial score (nSPS) is 22.6. The maximum absolute atomic E-state index is 6.22. The van der Waals surface area contributed by atoms with Crippen molar-refractivity contribution in [1.29, 1.82) is 0 Å². The molecule has 2 N–H and O–H groups in total. The van der Waals surface area contributed by atoms with Gasteiger partial charge in [0.25, 0.3) is 0 Å². The molecule has 20 heavy (non-hydrogen) atoms. The molecule has 2 atom stereocenters. The van der Waals surface area contributed by atoms with Crippen LogP contribution < -0.4 is 10.6 Å². The number of nitrogens with one attached hydrogen (secondary N) is 2. The van der Waals surface area contributed by atoms with Crippen LogP contribution in [0, 0.1) is 0 Å². The summed E-state index contributed by atoms with van der Waals surface area (Å²) < 4.78 is 5.55. The van der Waals surface area contributed by atoms with Crippen molar-refractivity contribution >= 4 is 34.8 Å². The molecule has 0 aromatic carbocycles. The lowest BCUT2D eigenvalue weighted by molar-refractivity contribution is 0.0232. The molecule has 0 aliphatic carbocycles. The lowest BCUT2D eigenvalue weighted by Crippen LogP contribution is -2.32. The minimum absolute atomic E-state index is 0.269. The minimum Gasteiger partial charge on any atom is -0.378 e. The molecule has 2 rings (SSSR count). The first kappa shape index (κ1) is 15.7. The van der Waals surface area contributed by atoms with E-state index in [0.717, 1.165) is 32.4 Å². The van der Waals surface area contributed by atoms with Crippen molar-refractivity contribution in [3.63, 3.8) is 0 Å². The zero-order chi connectivity index (χ0) is 14.5. The fourth-order valence-corrected chi connectivity index (χ4v) is 2.74. The predicted molar refractivity (Wildman–Crippen MR) is 85.1 cm³/mol. The quantitative estimate of drug-likeness (QED) is 0.854. The predicted octanol–water partition coefficient (Wildman–Crippen LogP) is 4.19. The topological polar surface area (TPSA) is 46.2 Å². The molecule has 4 nitrogen and oxygen atoms in total. The average Bonchev–Trinajstić information content (AvgIpc) is 2.40. The first-order valence-electron chi connectivity index (χ1n) is 7.08. The van der Waals surface area contributed by atoms with Gasteiger partial charge in [-0.2, -0.15) is 0 Å². The first-order chi connectivity index (χ1) is 9.60. The molecule has 112 valence electrons. The van der Waals surface area contributed by atoms with Gasteiger partial charge in [0.05, 0.1) is 16.1 Å². The third kappa shape index (κ3) is 4.14. The zero-order valence-electron chi connectivity index (χ0n) is 11.9. The van der Waals surface area contributed by atoms with Crippen molar-refractivity contribution < 1.29 is 4.74 Å². The van der Waals surface area contributed by atoms with Gasteiger partial charge in [-0.15, -0.1) is 0 Å². The van der Waals surface area contributed by atoms with Crippen LogP contribution >= 0.6 is 23.2 Å². The van der Waals surface area contributed by atoms with E-state index < -0.39 is 0 Å². The van der Waals surface area contributed by atoms with E-state index in [-0.39, 0.29) is 6.10 Å². The molecule has 1 fully saturated rings. The van der Waals surface area contributed by atoms with Crippen molar-refractivity contribution in [2.45, 2.75) is 45.3 Å². The molecule has 0 spiro atoms. The fourth-order valence-electron chi connectivity index (χ4n) is 2.26. The molecule has 2 unspecified atom stereocenters. The van der Waals surface area contributed by atoms with E-state index in [1.165, 1.54) is 0 Å². The van der Waals surface area contributed by atoms with E-state index in [4.69, 9.17) is 27.9 Å². The number of rotatable bonds is 5. The van der Waals surface area contributed by atoms with Gasteiger partial charge in [-0.25, -0.2) is 4.98 Å². The standard InChI is InChI=1S/C14H21Cl2N3O/c1-3-5-17-13-11(15)8-12(16)14(19-13)18-10-4-6-20-9(2)7-10/h8-10H,3-7H2,1-2H3,(H2,17,18,19). The molecule has 2 heterocycles. The largest absolute Gasteiger partial charge is 0.378 e. The highest BCUT2D eigenvalue weighted by Crippen LogP contribution is 2.30. The number of anilines is 2. The summed E-state index contributed by atoms with van der Waals surface area (Å²) in [6.07, 6.45) is 3.20. The van der Waals surface area contributed by atoms with Gasteiger partial charge >= 0.3 is 0 Å². The van der Waals surface area contributed by atoms with Crippen LogP contribution in [0.3, 0.4) is 0 Å². The second kappa shape index (κ2) is 7.34.